The summed E-state index contributed by atoms with van der Waals surface area (Å²) in [4.78, 5) is 44.2. The van der Waals surface area contributed by atoms with Gasteiger partial charge < -0.3 is 5.11 Å². The van der Waals surface area contributed by atoms with Gasteiger partial charge >= 0.3 is 0 Å². The van der Waals surface area contributed by atoms with Crippen LogP contribution < -0.4 is 0 Å². The highest BCUT2D eigenvalue weighted by atomic mass is 16.7. The lowest BCUT2D eigenvalue weighted by molar-refractivity contribution is -0.200. The van der Waals surface area contributed by atoms with Crippen LogP contribution in [-0.2, 0) is 14.4 Å². The van der Waals surface area contributed by atoms with E-state index in [1.807, 2.05) is 12.2 Å². The second-order valence-electron chi connectivity index (χ2n) is 7.25. The van der Waals surface area contributed by atoms with E-state index in [-0.39, 0.29) is 48.6 Å². The fraction of sp³-hybridized carbons (Fsp3) is 0.421. The molecule has 1 saturated carbocycles. The van der Waals surface area contributed by atoms with Crippen molar-refractivity contribution in [1.82, 2.24) is 9.96 Å². The summed E-state index contributed by atoms with van der Waals surface area (Å²) in [5.74, 6) is -0.838. The van der Waals surface area contributed by atoms with Crippen LogP contribution in [0, 0.1) is 23.7 Å². The zero-order valence-electron chi connectivity index (χ0n) is 13.9. The van der Waals surface area contributed by atoms with Crippen LogP contribution in [-0.4, -0.2) is 45.9 Å². The number of hydrogen-bond acceptors (Lipinski definition) is 5. The van der Waals surface area contributed by atoms with Gasteiger partial charge in [-0.2, -0.15) is 5.06 Å². The van der Waals surface area contributed by atoms with E-state index in [9.17, 15) is 19.5 Å². The van der Waals surface area contributed by atoms with E-state index in [1.165, 1.54) is 4.90 Å². The minimum atomic E-state index is -1.18. The summed E-state index contributed by atoms with van der Waals surface area (Å²) < 4.78 is 0. The topological polar surface area (TPSA) is 87.2 Å². The van der Waals surface area contributed by atoms with Crippen molar-refractivity contribution < 1.29 is 24.3 Å². The lowest BCUT2D eigenvalue weighted by atomic mass is 9.85. The van der Waals surface area contributed by atoms with Crippen LogP contribution >= 0.6 is 0 Å². The fourth-order valence-corrected chi connectivity index (χ4v) is 4.82. The maximum Gasteiger partial charge on any atom is 0.280 e. The van der Waals surface area contributed by atoms with Gasteiger partial charge in [-0.25, -0.2) is 0 Å². The van der Waals surface area contributed by atoms with Gasteiger partial charge in [-0.15, -0.1) is 0 Å². The van der Waals surface area contributed by atoms with Crippen molar-refractivity contribution in [2.45, 2.75) is 12.6 Å². The van der Waals surface area contributed by atoms with Gasteiger partial charge in [0.25, 0.3) is 5.91 Å². The number of fused-ring (bicyclic) bond motifs is 6. The highest BCUT2D eigenvalue weighted by molar-refractivity contribution is 6.06. The number of benzene rings is 1. The number of rotatable bonds is 4. The predicted molar refractivity (Wildman–Crippen MR) is 88.0 cm³/mol. The Balaban J connectivity index is 1.24. The number of aliphatic hydroxyl groups is 1. The van der Waals surface area contributed by atoms with Gasteiger partial charge in [0.05, 0.1) is 25.0 Å². The molecule has 1 N–H and O–H groups in total. The molecule has 2 aliphatic heterocycles. The van der Waals surface area contributed by atoms with Gasteiger partial charge in [0.2, 0.25) is 11.8 Å². The molecule has 0 spiro atoms. The number of allylic oxidation sites excluding steroid dienone is 2. The van der Waals surface area contributed by atoms with Crippen molar-refractivity contribution in [3.8, 4) is 0 Å². The molecule has 0 radical (unpaired) electrons. The molecule has 3 amide bonds. The van der Waals surface area contributed by atoms with Crippen LogP contribution in [0.15, 0.2) is 36.4 Å². The molecule has 4 aliphatic rings. The number of aliphatic hydroxyl groups excluding tert-OH is 1. The van der Waals surface area contributed by atoms with Gasteiger partial charge in [0, 0.05) is 11.1 Å². The number of nitrogens with zero attached hydrogens (tertiary/aromatic N) is 2. The molecule has 5 rings (SSSR count). The van der Waals surface area contributed by atoms with Crippen molar-refractivity contribution in [2.75, 3.05) is 13.2 Å². The second-order valence-corrected chi connectivity index (χ2v) is 7.25. The van der Waals surface area contributed by atoms with E-state index in [0.717, 1.165) is 11.5 Å². The first-order valence-corrected chi connectivity index (χ1v) is 8.85. The molecular formula is C19H18N2O5. The maximum atomic E-state index is 12.6. The maximum absolute atomic E-state index is 12.6. The van der Waals surface area contributed by atoms with Gasteiger partial charge in [0.1, 0.15) is 0 Å². The minimum Gasteiger partial charge on any atom is -0.367 e. The number of hydroxylamine groups is 2. The summed E-state index contributed by atoms with van der Waals surface area (Å²) in [6.45, 7) is 0.0490. The van der Waals surface area contributed by atoms with E-state index >= 15 is 0 Å². The van der Waals surface area contributed by atoms with Crippen LogP contribution in [0.25, 0.3) is 0 Å². The van der Waals surface area contributed by atoms with Crippen LogP contribution in [0.1, 0.15) is 28.6 Å². The second kappa shape index (κ2) is 5.49. The molecule has 5 atom stereocenters. The molecule has 2 bridgehead atoms. The molecule has 7 nitrogen and oxygen atoms in total. The van der Waals surface area contributed by atoms with Crippen LogP contribution in [0.4, 0.5) is 0 Å². The normalized spacial score (nSPS) is 34.2. The van der Waals surface area contributed by atoms with Crippen molar-refractivity contribution in [1.29, 1.82) is 0 Å². The first kappa shape index (κ1) is 15.7. The van der Waals surface area contributed by atoms with Gasteiger partial charge in [0.15, 0.2) is 6.23 Å². The smallest absolute Gasteiger partial charge is 0.280 e. The fourth-order valence-electron chi connectivity index (χ4n) is 4.82. The zero-order valence-corrected chi connectivity index (χ0v) is 13.9. The number of amides is 3. The van der Waals surface area contributed by atoms with E-state index in [2.05, 4.69) is 0 Å². The number of carbonyl (C=O) groups is 3. The third-order valence-corrected chi connectivity index (χ3v) is 6.00. The Bertz CT molecular complexity index is 820. The van der Waals surface area contributed by atoms with Gasteiger partial charge in [-0.3, -0.25) is 24.1 Å². The first-order valence-electron chi connectivity index (χ1n) is 8.85. The minimum absolute atomic E-state index is 0.0313. The summed E-state index contributed by atoms with van der Waals surface area (Å²) in [6, 6.07) is 6.75. The van der Waals surface area contributed by atoms with E-state index in [0.29, 0.717) is 11.1 Å². The summed E-state index contributed by atoms with van der Waals surface area (Å²) >= 11 is 0. The predicted octanol–water partition coefficient (Wildman–Crippen LogP) is 0.872. The largest absolute Gasteiger partial charge is 0.367 e. The van der Waals surface area contributed by atoms with Crippen LogP contribution in [0.3, 0.4) is 0 Å². The van der Waals surface area contributed by atoms with Crippen molar-refractivity contribution in [2.24, 2.45) is 23.7 Å². The summed E-state index contributed by atoms with van der Waals surface area (Å²) in [5, 5.41) is 11.1. The molecule has 1 aromatic rings. The third kappa shape index (κ3) is 1.98. The number of likely N-dealkylation sites (tertiary alicyclic amines) is 1. The monoisotopic (exact) mass is 354 g/mol. The Morgan fingerprint density at radius 3 is 2.35 bits per heavy atom. The van der Waals surface area contributed by atoms with Gasteiger partial charge in [-0.05, 0) is 24.3 Å². The lowest BCUT2D eigenvalue weighted by Crippen LogP contribution is -2.38. The molecule has 134 valence electrons. The Labute approximate surface area is 149 Å². The number of imide groups is 1. The SMILES string of the molecule is O=C1C2C3C=CC(C3)C2C(=O)N1CCON1C(=O)c2ccccc2C1O. The third-order valence-electron chi connectivity index (χ3n) is 6.00. The lowest BCUT2D eigenvalue weighted by Gasteiger charge is -2.22. The molecule has 1 saturated heterocycles. The number of carbonyl (C=O) groups excluding carboxylic acids is 3. The van der Waals surface area contributed by atoms with E-state index < -0.39 is 12.1 Å². The highest BCUT2D eigenvalue weighted by Crippen LogP contribution is 2.52. The van der Waals surface area contributed by atoms with Crippen molar-refractivity contribution >= 4 is 17.7 Å². The molecule has 5 unspecified atom stereocenters. The molecule has 26 heavy (non-hydrogen) atoms. The molecule has 2 aliphatic carbocycles. The Kier molecular flexibility index (Phi) is 3.32. The average molecular weight is 354 g/mol. The molecule has 2 heterocycles. The highest BCUT2D eigenvalue weighted by Gasteiger charge is 2.59. The van der Waals surface area contributed by atoms with E-state index in [4.69, 9.17) is 4.84 Å². The molecule has 2 fully saturated rings. The summed E-state index contributed by atoms with van der Waals surface area (Å²) in [6.07, 6.45) is 3.81. The first-order chi connectivity index (χ1) is 12.6. The molecule has 7 heteroatoms. The van der Waals surface area contributed by atoms with Crippen molar-refractivity contribution in [3.63, 3.8) is 0 Å². The summed E-state index contributed by atoms with van der Waals surface area (Å²) in [5.41, 5.74) is 0.883. The van der Waals surface area contributed by atoms with Crippen molar-refractivity contribution in [3.05, 3.63) is 47.5 Å². The van der Waals surface area contributed by atoms with E-state index in [1.54, 1.807) is 24.3 Å². The standard InChI is InChI=1S/C19H18N2O5/c22-16-12-3-1-2-4-13(12)17(23)21(16)26-8-7-20-18(24)14-10-5-6-11(9-10)15(14)19(20)25/h1-6,10-11,14-16,22H,7-9H2. The molecule has 0 aromatic heterocycles. The summed E-state index contributed by atoms with van der Waals surface area (Å²) in [7, 11) is 0. The molecular weight excluding hydrogens is 336 g/mol. The van der Waals surface area contributed by atoms with Gasteiger partial charge in [-0.1, -0.05) is 30.4 Å². The zero-order chi connectivity index (χ0) is 18.0. The molecule has 1 aromatic carbocycles. The average Bonchev–Trinajstić information content (AvgIpc) is 3.37. The Morgan fingerprint density at radius 2 is 1.69 bits per heavy atom. The van der Waals surface area contributed by atoms with Crippen LogP contribution in [0.2, 0.25) is 0 Å². The Hall–Kier alpha value is -2.51. The Morgan fingerprint density at radius 1 is 1.04 bits per heavy atom. The number of hydrogen-bond donors (Lipinski definition) is 1. The van der Waals surface area contributed by atoms with Crippen LogP contribution in [0.5, 0.6) is 0 Å². The quantitative estimate of drug-likeness (QED) is 0.640.